The summed E-state index contributed by atoms with van der Waals surface area (Å²) in [5.41, 5.74) is 16.8. The number of rotatable bonds is 12. The highest BCUT2D eigenvalue weighted by Crippen LogP contribution is 2.30. The van der Waals surface area contributed by atoms with Crippen molar-refractivity contribution in [2.45, 2.75) is 38.9 Å². The van der Waals surface area contributed by atoms with Crippen LogP contribution in [0, 0.1) is 37.7 Å². The van der Waals surface area contributed by atoms with Crippen molar-refractivity contribution in [3.05, 3.63) is 225 Å². The van der Waals surface area contributed by atoms with Gasteiger partial charge in [-0.1, -0.05) is 29.8 Å². The molecule has 0 spiro atoms. The summed E-state index contributed by atoms with van der Waals surface area (Å²) in [6.07, 6.45) is 17.1. The average molecular weight is 1140 g/mol. The van der Waals surface area contributed by atoms with Crippen molar-refractivity contribution in [1.29, 1.82) is 0 Å². The maximum absolute atomic E-state index is 13.6. The van der Waals surface area contributed by atoms with E-state index in [1.807, 2.05) is 63.2 Å². The van der Waals surface area contributed by atoms with E-state index in [4.69, 9.17) is 23.1 Å². The third-order valence-corrected chi connectivity index (χ3v) is 12.2. The minimum absolute atomic E-state index is 0.0412. The Morgan fingerprint density at radius 3 is 1.27 bits per heavy atom. The number of nitrogens with zero attached hydrogens (tertiary/aromatic N) is 17. The van der Waals surface area contributed by atoms with Crippen LogP contribution in [0.25, 0.3) is 51.5 Å². The van der Waals surface area contributed by atoms with Crippen molar-refractivity contribution < 1.29 is 23.0 Å². The van der Waals surface area contributed by atoms with Crippen LogP contribution in [-0.2, 0) is 0 Å². The van der Waals surface area contributed by atoms with Crippen LogP contribution in [0.2, 0.25) is 5.15 Å². The lowest BCUT2D eigenvalue weighted by Gasteiger charge is -2.15. The number of hydrogen-bond donors (Lipinski definition) is 4. The topological polar surface area (TPSA) is 330 Å². The molecule has 0 aliphatic rings. The summed E-state index contributed by atoms with van der Waals surface area (Å²) in [4.78, 5) is 70.8. The Balaban J connectivity index is 0.000000140. The molecule has 0 bridgehead atoms. The van der Waals surface area contributed by atoms with Crippen molar-refractivity contribution in [2.24, 2.45) is 5.73 Å². The number of aromatic nitrogens is 15. The van der Waals surface area contributed by atoms with Gasteiger partial charge in [-0.15, -0.1) is 0 Å². The van der Waals surface area contributed by atoms with Gasteiger partial charge < -0.3 is 22.1 Å². The van der Waals surface area contributed by atoms with Gasteiger partial charge in [0, 0.05) is 43.2 Å². The number of anilines is 3. The van der Waals surface area contributed by atoms with Gasteiger partial charge in [-0.2, -0.15) is 0 Å². The SMILES string of the molecule is C[C@@H](N)c1ccccn1.C[C@@H](Nc1nc(-c2cnc3ccc(F)cn23)ncc1N)c1ccccn1.C[C@@H](Nc1nc(-c2cnc3ccc(F)cn23)ncc1[N+](=O)[O-])c1ccccn1.O=[N+]([O-])c1cnc(-c2cnc3ccc(F)cn23)nc1Cl. The number of nitro groups is 2. The predicted octanol–water partition coefficient (Wildman–Crippen LogP) is 10.1. The Labute approximate surface area is 472 Å². The highest BCUT2D eigenvalue weighted by atomic mass is 35.5. The van der Waals surface area contributed by atoms with Crippen LogP contribution in [0.4, 0.5) is 41.9 Å². The molecule has 83 heavy (non-hydrogen) atoms. The van der Waals surface area contributed by atoms with E-state index in [-0.39, 0.29) is 52.2 Å². The number of hydrogen-bond acceptors (Lipinski definition) is 20. The van der Waals surface area contributed by atoms with E-state index >= 15 is 0 Å². The van der Waals surface area contributed by atoms with E-state index in [1.54, 1.807) is 47.4 Å². The lowest BCUT2D eigenvalue weighted by atomic mass is 10.2. The highest BCUT2D eigenvalue weighted by molar-refractivity contribution is 6.31. The molecule has 12 aromatic heterocycles. The van der Waals surface area contributed by atoms with Crippen molar-refractivity contribution in [1.82, 2.24) is 73.0 Å². The van der Waals surface area contributed by atoms with Crippen LogP contribution >= 0.6 is 11.6 Å². The molecule has 12 heterocycles. The number of nitrogen functional groups attached to an aromatic ring is 1. The number of fused-ring (bicyclic) bond motifs is 3. The standard InChI is InChI=1S/C18H14FN7O2.C18H16FN7.C11H5ClFN5O2.C7H10N2/c1-11(13-4-2-3-7-20-13)23-18-15(26(27)28)9-22-17(24-18)14-8-21-16-6-5-12(19)10-25(14)16;1-11(14-4-2-3-7-21-14)24-17-13(20)8-23-18(25-17)15-9-22-16-6-5-12(19)10-26(15)16;12-10-7(18(19)20)3-15-11(16-10)8-4-14-9-2-1-6(13)5-17(8)9;1-6(8)7-4-2-3-5-9-7/h2-11H,1H3,(H,22,23,24);2-11H,20H2,1H3,(H,23,24,25);1-5H;2-6H,8H2,1H3/t2*11-;;6-/m11.1/s1. The molecule has 0 radical (unpaired) electrons. The number of pyridine rings is 6. The van der Waals surface area contributed by atoms with Crippen molar-refractivity contribution >= 4 is 57.2 Å². The first-order valence-electron chi connectivity index (χ1n) is 24.7. The molecule has 0 unspecified atom stereocenters. The van der Waals surface area contributed by atoms with Gasteiger partial charge in [-0.3, -0.25) is 48.4 Å². The Bertz CT molecular complexity index is 4240. The quantitative estimate of drug-likeness (QED) is 0.0502. The van der Waals surface area contributed by atoms with Gasteiger partial charge >= 0.3 is 11.4 Å². The van der Waals surface area contributed by atoms with Gasteiger partial charge in [-0.25, -0.2) is 58.0 Å². The van der Waals surface area contributed by atoms with Gasteiger partial charge in [0.15, 0.2) is 23.3 Å². The van der Waals surface area contributed by atoms with E-state index in [2.05, 4.69) is 70.4 Å². The van der Waals surface area contributed by atoms with Gasteiger partial charge in [0.25, 0.3) is 0 Å². The summed E-state index contributed by atoms with van der Waals surface area (Å²) in [7, 11) is 0. The van der Waals surface area contributed by atoms with Crippen LogP contribution in [0.5, 0.6) is 0 Å². The van der Waals surface area contributed by atoms with Crippen molar-refractivity contribution in [2.75, 3.05) is 16.4 Å². The van der Waals surface area contributed by atoms with Crippen molar-refractivity contribution in [3.63, 3.8) is 0 Å². The second-order valence-corrected chi connectivity index (χ2v) is 18.1. The Morgan fingerprint density at radius 1 is 0.494 bits per heavy atom. The normalized spacial score (nSPS) is 12.0. The average Bonchev–Trinajstić information content (AvgIpc) is 4.18. The molecule has 29 heteroatoms. The van der Waals surface area contributed by atoms with E-state index in [0.29, 0.717) is 57.0 Å². The Morgan fingerprint density at radius 2 is 0.880 bits per heavy atom. The molecule has 0 amide bonds. The van der Waals surface area contributed by atoms with Crippen LogP contribution in [0.15, 0.2) is 165 Å². The minimum Gasteiger partial charge on any atom is -0.394 e. The smallest absolute Gasteiger partial charge is 0.329 e. The first-order chi connectivity index (χ1) is 40.0. The van der Waals surface area contributed by atoms with Crippen LogP contribution in [0.1, 0.15) is 56.0 Å². The molecule has 0 aliphatic heterocycles. The second-order valence-electron chi connectivity index (χ2n) is 17.8. The fourth-order valence-electron chi connectivity index (χ4n) is 7.80. The predicted molar refractivity (Wildman–Crippen MR) is 301 cm³/mol. The highest BCUT2D eigenvalue weighted by Gasteiger charge is 2.23. The van der Waals surface area contributed by atoms with Crippen LogP contribution < -0.4 is 22.1 Å². The summed E-state index contributed by atoms with van der Waals surface area (Å²) in [6, 6.07) is 25.0. The molecule has 12 aromatic rings. The van der Waals surface area contributed by atoms with E-state index in [1.165, 1.54) is 76.3 Å². The van der Waals surface area contributed by atoms with E-state index < -0.39 is 27.2 Å². The molecular weight excluding hydrogens is 1100 g/mol. The van der Waals surface area contributed by atoms with Crippen LogP contribution in [0.3, 0.4) is 0 Å². The maximum atomic E-state index is 13.6. The monoisotopic (exact) mass is 1140 g/mol. The number of nitrogens with two attached hydrogens (primary N) is 2. The summed E-state index contributed by atoms with van der Waals surface area (Å²) in [5, 5.41) is 28.0. The number of imidazole rings is 3. The summed E-state index contributed by atoms with van der Waals surface area (Å²) in [5.74, 6) is -0.0417. The van der Waals surface area contributed by atoms with Crippen molar-refractivity contribution in [3.8, 4) is 34.6 Å². The molecule has 0 saturated heterocycles. The Hall–Kier alpha value is -11.0. The van der Waals surface area contributed by atoms with E-state index in [9.17, 15) is 33.4 Å². The lowest BCUT2D eigenvalue weighted by Crippen LogP contribution is -2.12. The zero-order valence-electron chi connectivity index (χ0n) is 43.7. The molecule has 6 N–H and O–H groups in total. The minimum atomic E-state index is -0.680. The molecule has 0 fully saturated rings. The zero-order valence-corrected chi connectivity index (χ0v) is 44.5. The summed E-state index contributed by atoms with van der Waals surface area (Å²) in [6.45, 7) is 5.70. The lowest BCUT2D eigenvalue weighted by molar-refractivity contribution is -0.385. The molecular formula is C54H45ClF3N21O4. The first kappa shape index (κ1) is 56.7. The maximum Gasteiger partial charge on any atom is 0.329 e. The van der Waals surface area contributed by atoms with Gasteiger partial charge in [-0.05, 0) is 93.6 Å². The molecule has 3 atom stereocenters. The molecule has 12 rings (SSSR count). The fourth-order valence-corrected chi connectivity index (χ4v) is 8.00. The second kappa shape index (κ2) is 25.4. The van der Waals surface area contributed by atoms with E-state index in [0.717, 1.165) is 23.8 Å². The molecule has 0 aliphatic carbocycles. The summed E-state index contributed by atoms with van der Waals surface area (Å²) >= 11 is 5.73. The third kappa shape index (κ3) is 13.5. The number of halogens is 4. The fraction of sp³-hybridized carbons (Fsp3) is 0.111. The first-order valence-corrected chi connectivity index (χ1v) is 25.1. The Kier molecular flexibility index (Phi) is 17.4. The van der Waals surface area contributed by atoms with Crippen LogP contribution in [-0.4, -0.2) is 82.9 Å². The summed E-state index contributed by atoms with van der Waals surface area (Å²) < 4.78 is 45.0. The molecule has 0 aromatic carbocycles. The van der Waals surface area contributed by atoms with Gasteiger partial charge in [0.2, 0.25) is 11.0 Å². The van der Waals surface area contributed by atoms with Gasteiger partial charge in [0.05, 0.1) is 69.5 Å². The molecule has 0 saturated carbocycles. The molecule has 418 valence electrons. The van der Waals surface area contributed by atoms with Gasteiger partial charge in [0.1, 0.15) is 63.9 Å². The number of nitrogens with one attached hydrogen (secondary N) is 2. The largest absolute Gasteiger partial charge is 0.394 e. The third-order valence-electron chi connectivity index (χ3n) is 11.9. The molecule has 25 nitrogen and oxygen atoms in total. The zero-order chi connectivity index (χ0) is 58.7.